The van der Waals surface area contributed by atoms with Crippen molar-refractivity contribution in [2.24, 2.45) is 0 Å². The van der Waals surface area contributed by atoms with E-state index >= 15 is 0 Å². The lowest BCUT2D eigenvalue weighted by atomic mass is 10.1. The Morgan fingerprint density at radius 3 is 2.50 bits per heavy atom. The molecular formula is C16H18N2O2. The maximum Gasteiger partial charge on any atom is 0.224 e. The van der Waals surface area contributed by atoms with Gasteiger partial charge >= 0.3 is 0 Å². The van der Waals surface area contributed by atoms with Gasteiger partial charge in [-0.25, -0.2) is 0 Å². The van der Waals surface area contributed by atoms with Crippen LogP contribution in [-0.4, -0.2) is 17.6 Å². The molecule has 0 aromatic heterocycles. The zero-order chi connectivity index (χ0) is 14.4. The minimum atomic E-state index is -0.0369. The van der Waals surface area contributed by atoms with Crippen LogP contribution in [0, 0.1) is 0 Å². The second-order valence-corrected chi connectivity index (χ2v) is 4.65. The molecule has 2 aromatic rings. The predicted molar refractivity (Wildman–Crippen MR) is 79.4 cm³/mol. The number of para-hydroxylation sites is 1. The number of aromatic hydroxyl groups is 1. The summed E-state index contributed by atoms with van der Waals surface area (Å²) in [6, 6.07) is 14.4. The molecule has 0 saturated heterocycles. The van der Waals surface area contributed by atoms with Gasteiger partial charge in [0.15, 0.2) is 0 Å². The molecule has 0 saturated carbocycles. The molecule has 0 spiro atoms. The van der Waals surface area contributed by atoms with E-state index in [9.17, 15) is 9.90 Å². The summed E-state index contributed by atoms with van der Waals surface area (Å²) in [5.74, 6) is 0.227. The number of amides is 1. The van der Waals surface area contributed by atoms with Gasteiger partial charge in [-0.1, -0.05) is 30.3 Å². The van der Waals surface area contributed by atoms with Crippen molar-refractivity contribution in [1.29, 1.82) is 0 Å². The molecule has 0 unspecified atom stereocenters. The Bertz CT molecular complexity index is 579. The number of nitrogens with one attached hydrogen (secondary N) is 1. The Morgan fingerprint density at radius 1 is 1.10 bits per heavy atom. The van der Waals surface area contributed by atoms with Crippen LogP contribution >= 0.6 is 0 Å². The number of phenols is 1. The molecule has 0 fully saturated rings. The van der Waals surface area contributed by atoms with Gasteiger partial charge in [0.2, 0.25) is 5.91 Å². The molecule has 4 heteroatoms. The van der Waals surface area contributed by atoms with Gasteiger partial charge in [-0.05, 0) is 35.7 Å². The fourth-order valence-electron chi connectivity index (χ4n) is 1.94. The van der Waals surface area contributed by atoms with Gasteiger partial charge in [0.25, 0.3) is 0 Å². The smallest absolute Gasteiger partial charge is 0.224 e. The molecule has 2 aromatic carbocycles. The maximum absolute atomic E-state index is 11.8. The predicted octanol–water partition coefficient (Wildman–Crippen LogP) is 1.88. The average molecular weight is 270 g/mol. The molecule has 0 aliphatic carbocycles. The highest BCUT2D eigenvalue weighted by molar-refractivity contribution is 5.78. The molecule has 20 heavy (non-hydrogen) atoms. The van der Waals surface area contributed by atoms with E-state index < -0.39 is 0 Å². The fraction of sp³-hybridized carbons (Fsp3) is 0.188. The number of nitrogen functional groups attached to an aromatic ring is 1. The lowest BCUT2D eigenvalue weighted by Gasteiger charge is -2.07. The summed E-state index contributed by atoms with van der Waals surface area (Å²) < 4.78 is 0. The van der Waals surface area contributed by atoms with Gasteiger partial charge in [-0.2, -0.15) is 0 Å². The summed E-state index contributed by atoms with van der Waals surface area (Å²) in [6.07, 6.45) is 0.946. The van der Waals surface area contributed by atoms with E-state index in [-0.39, 0.29) is 11.7 Å². The first kappa shape index (κ1) is 13.9. The van der Waals surface area contributed by atoms with Crippen molar-refractivity contribution >= 4 is 11.6 Å². The minimum absolute atomic E-state index is 0.0369. The van der Waals surface area contributed by atoms with Crippen molar-refractivity contribution in [2.45, 2.75) is 12.8 Å². The van der Waals surface area contributed by atoms with Crippen molar-refractivity contribution in [3.05, 3.63) is 59.7 Å². The van der Waals surface area contributed by atoms with E-state index in [2.05, 4.69) is 5.32 Å². The Balaban J connectivity index is 1.78. The molecule has 0 aliphatic rings. The Morgan fingerprint density at radius 2 is 1.80 bits per heavy atom. The number of hydrogen-bond donors (Lipinski definition) is 3. The number of carbonyl (C=O) groups excluding carboxylic acids is 1. The van der Waals surface area contributed by atoms with E-state index in [1.54, 1.807) is 24.3 Å². The molecule has 0 heterocycles. The number of carbonyl (C=O) groups is 1. The van der Waals surface area contributed by atoms with Gasteiger partial charge in [0, 0.05) is 12.2 Å². The lowest BCUT2D eigenvalue weighted by Crippen LogP contribution is -2.27. The van der Waals surface area contributed by atoms with Crippen LogP contribution in [0.25, 0.3) is 0 Å². The fourth-order valence-corrected chi connectivity index (χ4v) is 1.94. The number of anilines is 1. The van der Waals surface area contributed by atoms with Crippen LogP contribution in [0.1, 0.15) is 11.1 Å². The highest BCUT2D eigenvalue weighted by atomic mass is 16.3. The molecule has 0 aliphatic heterocycles. The number of benzene rings is 2. The highest BCUT2D eigenvalue weighted by Crippen LogP contribution is 2.15. The second-order valence-electron chi connectivity index (χ2n) is 4.65. The SMILES string of the molecule is Nc1ccc(CC(=O)NCCc2ccccc2O)cc1. The number of nitrogens with two attached hydrogens (primary N) is 1. The highest BCUT2D eigenvalue weighted by Gasteiger charge is 2.04. The Labute approximate surface area is 118 Å². The molecular weight excluding hydrogens is 252 g/mol. The molecule has 0 radical (unpaired) electrons. The molecule has 4 nitrogen and oxygen atoms in total. The first-order valence-corrected chi connectivity index (χ1v) is 6.53. The van der Waals surface area contributed by atoms with Crippen molar-refractivity contribution in [3.63, 3.8) is 0 Å². The Kier molecular flexibility index (Phi) is 4.60. The van der Waals surface area contributed by atoms with E-state index in [4.69, 9.17) is 5.73 Å². The van der Waals surface area contributed by atoms with Crippen LogP contribution in [-0.2, 0) is 17.6 Å². The molecule has 104 valence electrons. The Hall–Kier alpha value is -2.49. The maximum atomic E-state index is 11.8. The van der Waals surface area contributed by atoms with Gasteiger partial charge in [0.05, 0.1) is 6.42 Å². The van der Waals surface area contributed by atoms with Crippen molar-refractivity contribution in [1.82, 2.24) is 5.32 Å². The number of phenolic OH excluding ortho intramolecular Hbond substituents is 1. The van der Waals surface area contributed by atoms with Gasteiger partial charge in [-0.3, -0.25) is 4.79 Å². The average Bonchev–Trinajstić information content (AvgIpc) is 2.43. The first-order chi connectivity index (χ1) is 9.65. The third-order valence-electron chi connectivity index (χ3n) is 3.05. The first-order valence-electron chi connectivity index (χ1n) is 6.53. The van der Waals surface area contributed by atoms with Gasteiger partial charge in [-0.15, -0.1) is 0 Å². The molecule has 2 rings (SSSR count). The summed E-state index contributed by atoms with van der Waals surface area (Å²) in [5, 5.41) is 12.5. The van der Waals surface area contributed by atoms with Crippen LogP contribution in [0.15, 0.2) is 48.5 Å². The lowest BCUT2D eigenvalue weighted by molar-refractivity contribution is -0.120. The summed E-state index contributed by atoms with van der Waals surface area (Å²) in [6.45, 7) is 0.505. The van der Waals surface area contributed by atoms with Crippen LogP contribution in [0.5, 0.6) is 5.75 Å². The normalized spacial score (nSPS) is 10.2. The summed E-state index contributed by atoms with van der Waals surface area (Å²) >= 11 is 0. The molecule has 0 bridgehead atoms. The summed E-state index contributed by atoms with van der Waals surface area (Å²) in [4.78, 5) is 11.8. The topological polar surface area (TPSA) is 75.4 Å². The molecule has 4 N–H and O–H groups in total. The van der Waals surface area contributed by atoms with Crippen LogP contribution < -0.4 is 11.1 Å². The van der Waals surface area contributed by atoms with Crippen molar-refractivity contribution < 1.29 is 9.90 Å². The van der Waals surface area contributed by atoms with Crippen LogP contribution in [0.4, 0.5) is 5.69 Å². The van der Waals surface area contributed by atoms with Gasteiger partial charge in [0.1, 0.15) is 5.75 Å². The second kappa shape index (κ2) is 6.61. The van der Waals surface area contributed by atoms with Crippen molar-refractivity contribution in [3.8, 4) is 5.75 Å². The zero-order valence-corrected chi connectivity index (χ0v) is 11.2. The third-order valence-corrected chi connectivity index (χ3v) is 3.05. The van der Waals surface area contributed by atoms with E-state index in [0.29, 0.717) is 25.1 Å². The quantitative estimate of drug-likeness (QED) is 0.726. The summed E-state index contributed by atoms with van der Waals surface area (Å²) in [5.41, 5.74) is 8.04. The van der Waals surface area contributed by atoms with E-state index in [1.807, 2.05) is 24.3 Å². The number of rotatable bonds is 5. The van der Waals surface area contributed by atoms with Crippen molar-refractivity contribution in [2.75, 3.05) is 12.3 Å². The van der Waals surface area contributed by atoms with Gasteiger partial charge < -0.3 is 16.2 Å². The van der Waals surface area contributed by atoms with Crippen LogP contribution in [0.3, 0.4) is 0 Å². The minimum Gasteiger partial charge on any atom is -0.508 e. The molecule has 0 atom stereocenters. The van der Waals surface area contributed by atoms with Crippen LogP contribution in [0.2, 0.25) is 0 Å². The zero-order valence-electron chi connectivity index (χ0n) is 11.2. The largest absolute Gasteiger partial charge is 0.508 e. The monoisotopic (exact) mass is 270 g/mol. The standard InChI is InChI=1S/C16H18N2O2/c17-14-7-5-12(6-8-14)11-16(20)18-10-9-13-3-1-2-4-15(13)19/h1-8,19H,9-11,17H2,(H,18,20). The summed E-state index contributed by atoms with van der Waals surface area (Å²) in [7, 11) is 0. The molecule has 1 amide bonds. The third kappa shape index (κ3) is 4.02. The number of hydrogen-bond acceptors (Lipinski definition) is 3. The van der Waals surface area contributed by atoms with E-state index in [1.165, 1.54) is 0 Å². The van der Waals surface area contributed by atoms with E-state index in [0.717, 1.165) is 11.1 Å².